The monoisotopic (exact) mass is 439 g/mol. The fourth-order valence-electron chi connectivity index (χ4n) is 4.65. The molecule has 0 saturated carbocycles. The van der Waals surface area contributed by atoms with E-state index >= 15 is 4.39 Å². The van der Waals surface area contributed by atoms with Crippen molar-refractivity contribution < 1.29 is 9.18 Å². The topological polar surface area (TPSA) is 36.4 Å². The first kappa shape index (κ1) is 21.1. The van der Waals surface area contributed by atoms with Gasteiger partial charge >= 0.3 is 6.03 Å². The maximum atomic E-state index is 15.1. The second-order valence-electron chi connectivity index (χ2n) is 8.88. The number of hydrogen-bond acceptors (Lipinski definition) is 2. The molecule has 1 aliphatic rings. The van der Waals surface area contributed by atoms with E-state index < -0.39 is 0 Å². The van der Waals surface area contributed by atoms with Crippen LogP contribution in [0.5, 0.6) is 0 Å². The molecule has 0 aliphatic carbocycles. The lowest BCUT2D eigenvalue weighted by atomic mass is 10.0. The van der Waals surface area contributed by atoms with Gasteiger partial charge in [0.15, 0.2) is 0 Å². The van der Waals surface area contributed by atoms with Gasteiger partial charge in [0, 0.05) is 42.0 Å². The van der Waals surface area contributed by atoms with Crippen LogP contribution in [-0.4, -0.2) is 29.0 Å². The van der Waals surface area contributed by atoms with Gasteiger partial charge in [0.25, 0.3) is 0 Å². The first-order valence-electron chi connectivity index (χ1n) is 11.2. The molecule has 2 heterocycles. The third-order valence-corrected chi connectivity index (χ3v) is 6.15. The zero-order chi connectivity index (χ0) is 23.1. The number of aryl methyl sites for hydroxylation is 3. The Kier molecular flexibility index (Phi) is 5.33. The molecule has 1 fully saturated rings. The average Bonchev–Trinajstić information content (AvgIpc) is 3.12. The Hall–Kier alpha value is -3.73. The van der Waals surface area contributed by atoms with E-state index in [0.29, 0.717) is 30.9 Å². The second-order valence-corrected chi connectivity index (χ2v) is 8.88. The Labute approximate surface area is 193 Å². The van der Waals surface area contributed by atoms with Gasteiger partial charge in [0.1, 0.15) is 5.82 Å². The van der Waals surface area contributed by atoms with Crippen LogP contribution >= 0.6 is 0 Å². The number of amides is 2. The molecule has 1 aliphatic heterocycles. The quantitative estimate of drug-likeness (QED) is 0.368. The molecule has 4 aromatic rings. The van der Waals surface area contributed by atoms with Gasteiger partial charge in [-0.05, 0) is 68.3 Å². The first-order valence-corrected chi connectivity index (χ1v) is 11.2. The van der Waals surface area contributed by atoms with Crippen LogP contribution in [0.4, 0.5) is 14.9 Å². The summed E-state index contributed by atoms with van der Waals surface area (Å²) >= 11 is 0. The van der Waals surface area contributed by atoms with Crippen LogP contribution < -0.4 is 4.90 Å². The van der Waals surface area contributed by atoms with Crippen molar-refractivity contribution in [3.05, 3.63) is 94.9 Å². The van der Waals surface area contributed by atoms with Gasteiger partial charge < -0.3 is 4.90 Å². The number of benzene rings is 3. The summed E-state index contributed by atoms with van der Waals surface area (Å²) in [4.78, 5) is 21.0. The standard InChI is InChI=1S/C28H26FN3O/c1-18-12-19(2)14-21(13-18)17-31-10-11-32(28(31)33)24-7-8-25(26(29)16-24)22-6-9-27-23(15-22)5-4-20(3)30-27/h4-9,12-16H,10-11,17H2,1-3H3. The lowest BCUT2D eigenvalue weighted by Gasteiger charge is -2.20. The number of pyridine rings is 1. The predicted octanol–water partition coefficient (Wildman–Crippen LogP) is 6.41. The Morgan fingerprint density at radius 2 is 1.67 bits per heavy atom. The zero-order valence-corrected chi connectivity index (χ0v) is 19.1. The molecule has 166 valence electrons. The molecule has 0 N–H and O–H groups in total. The molecule has 2 amide bonds. The SMILES string of the molecule is Cc1cc(C)cc(CN2CCN(c3ccc(-c4ccc5nc(C)ccc5c4)c(F)c3)C2=O)c1. The summed E-state index contributed by atoms with van der Waals surface area (Å²) in [6.45, 7) is 7.80. The second kappa shape index (κ2) is 8.32. The molecule has 3 aromatic carbocycles. The van der Waals surface area contributed by atoms with E-state index in [-0.39, 0.29) is 11.8 Å². The third kappa shape index (κ3) is 4.19. The highest BCUT2D eigenvalue weighted by atomic mass is 19.1. The van der Waals surface area contributed by atoms with Crippen LogP contribution in [0.2, 0.25) is 0 Å². The molecular formula is C28H26FN3O. The van der Waals surface area contributed by atoms with E-state index in [4.69, 9.17) is 0 Å². The molecular weight excluding hydrogens is 413 g/mol. The van der Waals surface area contributed by atoms with Crippen LogP contribution in [0.15, 0.2) is 66.7 Å². The fourth-order valence-corrected chi connectivity index (χ4v) is 4.65. The number of carbonyl (C=O) groups excluding carboxylic acids is 1. The van der Waals surface area contributed by atoms with Crippen LogP contribution in [0.1, 0.15) is 22.4 Å². The van der Waals surface area contributed by atoms with Crippen LogP contribution in [-0.2, 0) is 6.54 Å². The van der Waals surface area contributed by atoms with E-state index in [0.717, 1.165) is 27.7 Å². The maximum Gasteiger partial charge on any atom is 0.324 e. The van der Waals surface area contributed by atoms with E-state index in [1.165, 1.54) is 17.2 Å². The largest absolute Gasteiger partial charge is 0.324 e. The number of urea groups is 1. The molecule has 33 heavy (non-hydrogen) atoms. The lowest BCUT2D eigenvalue weighted by molar-refractivity contribution is 0.218. The van der Waals surface area contributed by atoms with Crippen molar-refractivity contribution in [2.24, 2.45) is 0 Å². The number of aromatic nitrogens is 1. The van der Waals surface area contributed by atoms with Crippen molar-refractivity contribution in [3.8, 4) is 11.1 Å². The summed E-state index contributed by atoms with van der Waals surface area (Å²) in [5, 5.41) is 0.971. The first-order chi connectivity index (χ1) is 15.9. The van der Waals surface area contributed by atoms with E-state index in [9.17, 15) is 4.79 Å². The molecule has 5 rings (SSSR count). The average molecular weight is 440 g/mol. The highest BCUT2D eigenvalue weighted by molar-refractivity contribution is 5.94. The minimum Gasteiger partial charge on any atom is -0.318 e. The molecule has 0 unspecified atom stereocenters. The molecule has 0 bridgehead atoms. The number of fused-ring (bicyclic) bond motifs is 1. The van der Waals surface area contributed by atoms with E-state index in [1.807, 2.05) is 48.2 Å². The summed E-state index contributed by atoms with van der Waals surface area (Å²) in [6.07, 6.45) is 0. The minimum absolute atomic E-state index is 0.0894. The number of anilines is 1. The normalized spacial score (nSPS) is 13.9. The van der Waals surface area contributed by atoms with Crippen molar-refractivity contribution >= 4 is 22.6 Å². The van der Waals surface area contributed by atoms with Crippen molar-refractivity contribution in [1.82, 2.24) is 9.88 Å². The Morgan fingerprint density at radius 1 is 0.879 bits per heavy atom. The smallest absolute Gasteiger partial charge is 0.318 e. The molecule has 5 heteroatoms. The predicted molar refractivity (Wildman–Crippen MR) is 131 cm³/mol. The summed E-state index contributed by atoms with van der Waals surface area (Å²) in [5.74, 6) is -0.340. The lowest BCUT2D eigenvalue weighted by Crippen LogP contribution is -2.31. The molecule has 0 spiro atoms. The Balaban J connectivity index is 1.37. The van der Waals surface area contributed by atoms with Crippen LogP contribution in [0.3, 0.4) is 0 Å². The molecule has 4 nitrogen and oxygen atoms in total. The van der Waals surface area contributed by atoms with Crippen molar-refractivity contribution in [1.29, 1.82) is 0 Å². The van der Waals surface area contributed by atoms with Gasteiger partial charge in [-0.15, -0.1) is 0 Å². The van der Waals surface area contributed by atoms with Gasteiger partial charge in [-0.25, -0.2) is 9.18 Å². The highest BCUT2D eigenvalue weighted by Crippen LogP contribution is 2.30. The van der Waals surface area contributed by atoms with E-state index in [1.54, 1.807) is 11.0 Å². The minimum atomic E-state index is -0.340. The molecule has 0 atom stereocenters. The van der Waals surface area contributed by atoms with Gasteiger partial charge in [-0.3, -0.25) is 9.88 Å². The number of hydrogen-bond donors (Lipinski definition) is 0. The summed E-state index contributed by atoms with van der Waals surface area (Å²) in [6, 6.07) is 21.0. The van der Waals surface area contributed by atoms with Crippen molar-refractivity contribution in [2.45, 2.75) is 27.3 Å². The third-order valence-electron chi connectivity index (χ3n) is 6.15. The number of halogens is 1. The van der Waals surface area contributed by atoms with Gasteiger partial charge in [0.05, 0.1) is 5.52 Å². The molecule has 0 radical (unpaired) electrons. The number of carbonyl (C=O) groups is 1. The zero-order valence-electron chi connectivity index (χ0n) is 19.1. The van der Waals surface area contributed by atoms with Crippen LogP contribution in [0, 0.1) is 26.6 Å². The molecule has 1 aromatic heterocycles. The van der Waals surface area contributed by atoms with Crippen LogP contribution in [0.25, 0.3) is 22.0 Å². The summed E-state index contributed by atoms with van der Waals surface area (Å²) in [7, 11) is 0. The van der Waals surface area contributed by atoms with Gasteiger partial charge in [-0.2, -0.15) is 0 Å². The molecule has 1 saturated heterocycles. The Morgan fingerprint density at radius 3 is 2.42 bits per heavy atom. The highest BCUT2D eigenvalue weighted by Gasteiger charge is 2.30. The maximum absolute atomic E-state index is 15.1. The van der Waals surface area contributed by atoms with Crippen molar-refractivity contribution in [3.63, 3.8) is 0 Å². The van der Waals surface area contributed by atoms with E-state index in [2.05, 4.69) is 37.0 Å². The van der Waals surface area contributed by atoms with Gasteiger partial charge in [-0.1, -0.05) is 41.5 Å². The summed E-state index contributed by atoms with van der Waals surface area (Å²) < 4.78 is 15.1. The van der Waals surface area contributed by atoms with Gasteiger partial charge in [0.2, 0.25) is 0 Å². The number of rotatable bonds is 4. The van der Waals surface area contributed by atoms with Crippen molar-refractivity contribution in [2.75, 3.05) is 18.0 Å². The fraction of sp³-hybridized carbons (Fsp3) is 0.214. The number of nitrogens with zero attached hydrogens (tertiary/aromatic N) is 3. The summed E-state index contributed by atoms with van der Waals surface area (Å²) in [5.41, 5.74) is 7.22. The Bertz CT molecular complexity index is 1360.